The molecule has 0 unspecified atom stereocenters. The van der Waals surface area contributed by atoms with Crippen molar-refractivity contribution in [2.45, 2.75) is 13.8 Å². The monoisotopic (exact) mass is 368 g/mol. The van der Waals surface area contributed by atoms with Crippen LogP contribution >= 0.6 is 11.3 Å². The molecule has 3 heterocycles. The molecule has 0 atom stereocenters. The van der Waals surface area contributed by atoms with E-state index in [0.29, 0.717) is 23.1 Å². The smallest absolute Gasteiger partial charge is 0.205 e. The minimum absolute atomic E-state index is 0.474. The van der Waals surface area contributed by atoms with Gasteiger partial charge in [0.2, 0.25) is 5.82 Å². The number of methoxy groups -OCH3 is 2. The third kappa shape index (κ3) is 2.57. The van der Waals surface area contributed by atoms with Crippen LogP contribution in [-0.4, -0.2) is 44.4 Å². The lowest BCUT2D eigenvalue weighted by atomic mass is 10.2. The van der Waals surface area contributed by atoms with Gasteiger partial charge < -0.3 is 9.47 Å². The minimum atomic E-state index is 0.474. The van der Waals surface area contributed by atoms with Crippen LogP contribution in [0.25, 0.3) is 27.4 Å². The predicted molar refractivity (Wildman–Crippen MR) is 98.1 cm³/mol. The largest absolute Gasteiger partial charge is 0.493 e. The molecular weight excluding hydrogens is 352 g/mol. The summed E-state index contributed by atoms with van der Waals surface area (Å²) < 4.78 is 10.6. The Hall–Kier alpha value is -3.07. The second-order valence-electron chi connectivity index (χ2n) is 5.63. The van der Waals surface area contributed by atoms with E-state index in [1.165, 1.54) is 16.0 Å². The van der Waals surface area contributed by atoms with Gasteiger partial charge in [0.1, 0.15) is 11.2 Å². The molecule has 132 valence electrons. The number of tetrazole rings is 1. The first-order valence-electron chi connectivity index (χ1n) is 7.86. The molecule has 0 bridgehead atoms. The van der Waals surface area contributed by atoms with Crippen molar-refractivity contribution in [3.63, 3.8) is 0 Å². The van der Waals surface area contributed by atoms with E-state index < -0.39 is 0 Å². The Balaban J connectivity index is 1.80. The zero-order valence-electron chi connectivity index (χ0n) is 14.7. The van der Waals surface area contributed by atoms with Gasteiger partial charge in [-0.05, 0) is 42.8 Å². The minimum Gasteiger partial charge on any atom is -0.493 e. The molecule has 0 aliphatic heterocycles. The average molecular weight is 368 g/mol. The highest BCUT2D eigenvalue weighted by molar-refractivity contribution is 7.18. The van der Waals surface area contributed by atoms with Crippen molar-refractivity contribution in [2.75, 3.05) is 14.2 Å². The summed E-state index contributed by atoms with van der Waals surface area (Å²) >= 11 is 1.63. The third-order valence-corrected chi connectivity index (χ3v) is 5.31. The molecule has 9 heteroatoms. The van der Waals surface area contributed by atoms with E-state index in [4.69, 9.17) is 9.47 Å². The van der Waals surface area contributed by atoms with Crippen molar-refractivity contribution in [2.24, 2.45) is 0 Å². The van der Waals surface area contributed by atoms with E-state index in [1.54, 1.807) is 25.6 Å². The second kappa shape index (κ2) is 6.34. The van der Waals surface area contributed by atoms with Crippen LogP contribution in [0.2, 0.25) is 0 Å². The zero-order chi connectivity index (χ0) is 18.3. The van der Waals surface area contributed by atoms with Crippen LogP contribution in [0.5, 0.6) is 11.5 Å². The number of aromatic nitrogens is 6. The van der Waals surface area contributed by atoms with Gasteiger partial charge in [0.05, 0.1) is 19.6 Å². The van der Waals surface area contributed by atoms with Gasteiger partial charge in [0.15, 0.2) is 17.3 Å². The second-order valence-corrected chi connectivity index (χ2v) is 6.84. The molecule has 0 aliphatic carbocycles. The number of benzene rings is 1. The van der Waals surface area contributed by atoms with Crippen LogP contribution in [0, 0.1) is 13.8 Å². The number of thiophene rings is 1. The van der Waals surface area contributed by atoms with Crippen molar-refractivity contribution in [1.82, 2.24) is 30.2 Å². The molecule has 0 fully saturated rings. The van der Waals surface area contributed by atoms with E-state index in [1.807, 2.05) is 25.1 Å². The highest BCUT2D eigenvalue weighted by atomic mass is 32.1. The molecule has 8 nitrogen and oxygen atoms in total. The number of ether oxygens (including phenoxy) is 2. The Morgan fingerprint density at radius 3 is 2.62 bits per heavy atom. The topological polar surface area (TPSA) is 87.8 Å². The summed E-state index contributed by atoms with van der Waals surface area (Å²) in [6.45, 7) is 4.11. The fourth-order valence-electron chi connectivity index (χ4n) is 2.71. The molecule has 1 aromatic carbocycles. The molecule has 0 radical (unpaired) electrons. The molecule has 3 aromatic heterocycles. The van der Waals surface area contributed by atoms with E-state index in [-0.39, 0.29) is 0 Å². The van der Waals surface area contributed by atoms with E-state index >= 15 is 0 Å². The van der Waals surface area contributed by atoms with E-state index in [9.17, 15) is 0 Å². The fourth-order valence-corrected chi connectivity index (χ4v) is 3.70. The van der Waals surface area contributed by atoms with Crippen LogP contribution in [0.15, 0.2) is 24.5 Å². The van der Waals surface area contributed by atoms with Gasteiger partial charge in [-0.2, -0.15) is 0 Å². The number of hydrogen-bond donors (Lipinski definition) is 0. The Labute approximate surface area is 153 Å². The quantitative estimate of drug-likeness (QED) is 0.547. The van der Waals surface area contributed by atoms with Gasteiger partial charge in [0, 0.05) is 10.4 Å². The van der Waals surface area contributed by atoms with Gasteiger partial charge in [-0.25, -0.2) is 9.97 Å². The summed E-state index contributed by atoms with van der Waals surface area (Å²) in [6, 6.07) is 5.48. The maximum absolute atomic E-state index is 5.34. The van der Waals surface area contributed by atoms with Crippen molar-refractivity contribution in [3.05, 3.63) is 35.0 Å². The summed E-state index contributed by atoms with van der Waals surface area (Å²) in [4.78, 5) is 12.3. The van der Waals surface area contributed by atoms with Crippen molar-refractivity contribution < 1.29 is 9.47 Å². The number of nitrogens with zero attached hydrogens (tertiary/aromatic N) is 6. The maximum Gasteiger partial charge on any atom is 0.205 e. The lowest BCUT2D eigenvalue weighted by molar-refractivity contribution is 0.355. The first-order chi connectivity index (χ1) is 12.6. The summed E-state index contributed by atoms with van der Waals surface area (Å²) in [5.41, 5.74) is 1.91. The summed E-state index contributed by atoms with van der Waals surface area (Å²) in [6.07, 6.45) is 1.52. The van der Waals surface area contributed by atoms with Gasteiger partial charge in [0.25, 0.3) is 0 Å². The SMILES string of the molecule is COc1ccc(-c2nnn(-c3ncnc4sc(C)c(C)c34)n2)cc1OC. The third-order valence-electron chi connectivity index (χ3n) is 4.19. The zero-order valence-corrected chi connectivity index (χ0v) is 15.5. The molecular formula is C17H16N6O2S. The maximum atomic E-state index is 5.34. The molecule has 0 aliphatic rings. The van der Waals surface area contributed by atoms with Crippen LogP contribution in [-0.2, 0) is 0 Å². The highest BCUT2D eigenvalue weighted by Crippen LogP contribution is 2.33. The Morgan fingerprint density at radius 2 is 1.85 bits per heavy atom. The Morgan fingerprint density at radius 1 is 1.04 bits per heavy atom. The van der Waals surface area contributed by atoms with Crippen LogP contribution in [0.1, 0.15) is 10.4 Å². The molecule has 4 aromatic rings. The lowest BCUT2D eigenvalue weighted by Crippen LogP contribution is -2.03. The standard InChI is InChI=1S/C17H16N6O2S/c1-9-10(2)26-17-14(9)16(18-8-19-17)23-21-15(20-22-23)11-5-6-12(24-3)13(7-11)25-4/h5-8H,1-4H3. The highest BCUT2D eigenvalue weighted by Gasteiger charge is 2.17. The summed E-state index contributed by atoms with van der Waals surface area (Å²) in [7, 11) is 3.18. The molecule has 26 heavy (non-hydrogen) atoms. The van der Waals surface area contributed by atoms with Gasteiger partial charge >= 0.3 is 0 Å². The van der Waals surface area contributed by atoms with E-state index in [0.717, 1.165) is 21.3 Å². The molecule has 0 spiro atoms. The molecule has 0 amide bonds. The van der Waals surface area contributed by atoms with E-state index in [2.05, 4.69) is 32.3 Å². The normalized spacial score (nSPS) is 11.1. The predicted octanol–water partition coefficient (Wildman–Crippen LogP) is 2.97. The Bertz CT molecular complexity index is 1100. The van der Waals surface area contributed by atoms with Gasteiger partial charge in [-0.15, -0.1) is 26.3 Å². The van der Waals surface area contributed by atoms with Crippen LogP contribution < -0.4 is 9.47 Å². The van der Waals surface area contributed by atoms with Crippen LogP contribution in [0.3, 0.4) is 0 Å². The molecule has 0 saturated heterocycles. The van der Waals surface area contributed by atoms with Crippen molar-refractivity contribution in [1.29, 1.82) is 0 Å². The Kier molecular flexibility index (Phi) is 4.00. The van der Waals surface area contributed by atoms with Crippen molar-refractivity contribution in [3.8, 4) is 28.7 Å². The first kappa shape index (κ1) is 16.4. The molecule has 0 saturated carbocycles. The van der Waals surface area contributed by atoms with Gasteiger partial charge in [-0.3, -0.25) is 0 Å². The lowest BCUT2D eigenvalue weighted by Gasteiger charge is -2.07. The molecule has 4 rings (SSSR count). The first-order valence-corrected chi connectivity index (χ1v) is 8.67. The average Bonchev–Trinajstić information content (AvgIpc) is 3.26. The fraction of sp³-hybridized carbons (Fsp3) is 0.235. The summed E-state index contributed by atoms with van der Waals surface area (Å²) in [5.74, 6) is 2.35. The molecule has 0 N–H and O–H groups in total. The number of rotatable bonds is 4. The van der Waals surface area contributed by atoms with Crippen molar-refractivity contribution >= 4 is 21.6 Å². The number of fused-ring (bicyclic) bond motifs is 1. The number of aryl methyl sites for hydroxylation is 2. The number of hydrogen-bond acceptors (Lipinski definition) is 8. The van der Waals surface area contributed by atoms with Gasteiger partial charge in [-0.1, -0.05) is 0 Å². The summed E-state index contributed by atoms with van der Waals surface area (Å²) in [5, 5.41) is 13.8. The van der Waals surface area contributed by atoms with Crippen LogP contribution in [0.4, 0.5) is 0 Å².